The van der Waals surface area contributed by atoms with E-state index in [1.807, 2.05) is 31.2 Å². The quantitative estimate of drug-likeness (QED) is 0.787. The minimum atomic E-state index is -3.78. The number of carbonyl (C=O) groups is 1. The van der Waals surface area contributed by atoms with Crippen LogP contribution < -0.4 is 4.72 Å². The first-order valence-corrected chi connectivity index (χ1v) is 7.78. The Balaban J connectivity index is 2.22. The van der Waals surface area contributed by atoms with Crippen molar-refractivity contribution in [3.63, 3.8) is 0 Å². The maximum absolute atomic E-state index is 12.2. The predicted octanol–water partition coefficient (Wildman–Crippen LogP) is 2.06. The fraction of sp³-hybridized carbons (Fsp3) is 0.214. The summed E-state index contributed by atoms with van der Waals surface area (Å²) in [5.74, 6) is -1.21. The van der Waals surface area contributed by atoms with E-state index in [0.29, 0.717) is 0 Å². The summed E-state index contributed by atoms with van der Waals surface area (Å²) in [5.41, 5.74) is 1.71. The van der Waals surface area contributed by atoms with E-state index in [0.717, 1.165) is 23.4 Å². The average Bonchev–Trinajstić information content (AvgIpc) is 2.88. The lowest BCUT2D eigenvalue weighted by atomic mass is 10.1. The molecule has 0 unspecified atom stereocenters. The molecule has 1 atom stereocenters. The summed E-state index contributed by atoms with van der Waals surface area (Å²) < 4.78 is 27.0. The van der Waals surface area contributed by atoms with Gasteiger partial charge in [-0.25, -0.2) is 17.9 Å². The summed E-state index contributed by atoms with van der Waals surface area (Å²) >= 11 is 0. The molecule has 0 amide bonds. The van der Waals surface area contributed by atoms with E-state index in [-0.39, 0.29) is 10.6 Å². The maximum Gasteiger partial charge on any atom is 0.352 e. The second-order valence-corrected chi connectivity index (χ2v) is 6.53. The van der Waals surface area contributed by atoms with Gasteiger partial charge in [-0.2, -0.15) is 0 Å². The summed E-state index contributed by atoms with van der Waals surface area (Å²) in [6.07, 6.45) is 1.16. The van der Waals surface area contributed by atoms with Gasteiger partial charge < -0.3 is 10.1 Å². The Morgan fingerprint density at radius 1 is 1.33 bits per heavy atom. The van der Waals surface area contributed by atoms with E-state index in [1.54, 1.807) is 6.92 Å². The third kappa shape index (κ3) is 3.50. The molecule has 0 fully saturated rings. The van der Waals surface area contributed by atoms with Crippen molar-refractivity contribution in [3.8, 4) is 0 Å². The number of rotatable bonds is 5. The van der Waals surface area contributed by atoms with Crippen molar-refractivity contribution >= 4 is 16.0 Å². The summed E-state index contributed by atoms with van der Waals surface area (Å²) in [4.78, 5) is 13.1. The largest absolute Gasteiger partial charge is 0.477 e. The zero-order valence-corrected chi connectivity index (χ0v) is 12.4. The van der Waals surface area contributed by atoms with Gasteiger partial charge in [0.25, 0.3) is 0 Å². The Bertz CT molecular complexity index is 765. The van der Waals surface area contributed by atoms with E-state index in [1.165, 1.54) is 0 Å². The van der Waals surface area contributed by atoms with Crippen molar-refractivity contribution in [1.29, 1.82) is 0 Å². The van der Waals surface area contributed by atoms with Crippen LogP contribution in [0.2, 0.25) is 0 Å². The van der Waals surface area contributed by atoms with Gasteiger partial charge in [-0.15, -0.1) is 0 Å². The van der Waals surface area contributed by atoms with Gasteiger partial charge in [0.15, 0.2) is 0 Å². The highest BCUT2D eigenvalue weighted by Gasteiger charge is 2.21. The summed E-state index contributed by atoms with van der Waals surface area (Å²) in [5, 5.41) is 8.81. The number of aromatic carboxylic acids is 1. The number of hydrogen-bond donors (Lipinski definition) is 3. The minimum absolute atomic E-state index is 0.0978. The van der Waals surface area contributed by atoms with Crippen LogP contribution in [-0.4, -0.2) is 24.5 Å². The molecule has 7 heteroatoms. The lowest BCUT2D eigenvalue weighted by Crippen LogP contribution is -2.26. The van der Waals surface area contributed by atoms with E-state index in [2.05, 4.69) is 9.71 Å². The van der Waals surface area contributed by atoms with Crippen LogP contribution >= 0.6 is 0 Å². The zero-order valence-electron chi connectivity index (χ0n) is 11.6. The molecule has 2 rings (SSSR count). The monoisotopic (exact) mass is 308 g/mol. The number of carboxylic acid groups (broad SMARTS) is 1. The smallest absolute Gasteiger partial charge is 0.352 e. The van der Waals surface area contributed by atoms with Gasteiger partial charge in [-0.1, -0.05) is 29.8 Å². The Kier molecular flexibility index (Phi) is 4.15. The Morgan fingerprint density at radius 3 is 2.62 bits per heavy atom. The molecule has 0 bridgehead atoms. The van der Waals surface area contributed by atoms with E-state index < -0.39 is 22.0 Å². The zero-order chi connectivity index (χ0) is 15.6. The van der Waals surface area contributed by atoms with Crippen LogP contribution in [-0.2, 0) is 10.0 Å². The number of benzene rings is 1. The van der Waals surface area contributed by atoms with Crippen LogP contribution in [0, 0.1) is 6.92 Å². The molecule has 21 heavy (non-hydrogen) atoms. The van der Waals surface area contributed by atoms with Gasteiger partial charge in [0, 0.05) is 12.2 Å². The highest BCUT2D eigenvalue weighted by molar-refractivity contribution is 7.89. The third-order valence-electron chi connectivity index (χ3n) is 3.07. The van der Waals surface area contributed by atoms with Crippen LogP contribution in [0.3, 0.4) is 0 Å². The Hall–Kier alpha value is -2.12. The summed E-state index contributed by atoms with van der Waals surface area (Å²) in [6, 6.07) is 8.18. The normalized spacial score (nSPS) is 13.0. The molecule has 0 saturated heterocycles. The number of aromatic amines is 1. The maximum atomic E-state index is 12.2. The molecule has 2 aromatic rings. The molecule has 6 nitrogen and oxygen atoms in total. The third-order valence-corrected chi connectivity index (χ3v) is 4.59. The molecule has 1 heterocycles. The average molecular weight is 308 g/mol. The molecule has 1 aromatic carbocycles. The van der Waals surface area contributed by atoms with Crippen LogP contribution in [0.5, 0.6) is 0 Å². The molecule has 0 radical (unpaired) electrons. The van der Waals surface area contributed by atoms with Crippen molar-refractivity contribution in [2.24, 2.45) is 0 Å². The first-order chi connectivity index (χ1) is 9.79. The van der Waals surface area contributed by atoms with E-state index in [4.69, 9.17) is 5.11 Å². The molecular formula is C14H16N2O4S. The van der Waals surface area contributed by atoms with Crippen molar-refractivity contribution in [1.82, 2.24) is 9.71 Å². The fourth-order valence-electron chi connectivity index (χ4n) is 1.96. The summed E-state index contributed by atoms with van der Waals surface area (Å²) in [6.45, 7) is 3.66. The van der Waals surface area contributed by atoms with Crippen LogP contribution in [0.15, 0.2) is 41.4 Å². The van der Waals surface area contributed by atoms with Crippen LogP contribution in [0.1, 0.15) is 34.6 Å². The Labute approximate surface area is 122 Å². The van der Waals surface area contributed by atoms with Gasteiger partial charge in [0.05, 0.1) is 0 Å². The summed E-state index contributed by atoms with van der Waals surface area (Å²) in [7, 11) is -3.78. The standard InChI is InChI=1S/C14H16N2O4S/c1-9-4-3-5-11(6-9)10(2)16-21(19,20)12-7-13(14(17)18)15-8-12/h3-8,10,15-16H,1-2H3,(H,17,18)/t10-/m0/s1. The number of aryl methyl sites for hydroxylation is 1. The van der Waals surface area contributed by atoms with Gasteiger partial charge >= 0.3 is 5.97 Å². The molecule has 0 aliphatic rings. The van der Waals surface area contributed by atoms with Gasteiger partial charge in [0.1, 0.15) is 10.6 Å². The lowest BCUT2D eigenvalue weighted by molar-refractivity contribution is 0.0691. The predicted molar refractivity (Wildman–Crippen MR) is 77.7 cm³/mol. The number of carboxylic acids is 1. The highest BCUT2D eigenvalue weighted by Crippen LogP contribution is 2.18. The molecule has 0 aliphatic heterocycles. The molecule has 0 aliphatic carbocycles. The minimum Gasteiger partial charge on any atom is -0.477 e. The fourth-order valence-corrected chi connectivity index (χ4v) is 3.19. The van der Waals surface area contributed by atoms with E-state index >= 15 is 0 Å². The molecule has 0 saturated carbocycles. The van der Waals surface area contributed by atoms with Crippen molar-refractivity contribution < 1.29 is 18.3 Å². The number of H-pyrrole nitrogens is 1. The molecule has 1 aromatic heterocycles. The van der Waals surface area contributed by atoms with Crippen molar-refractivity contribution in [2.75, 3.05) is 0 Å². The number of aromatic nitrogens is 1. The Morgan fingerprint density at radius 2 is 2.05 bits per heavy atom. The first kappa shape index (κ1) is 15.3. The van der Waals surface area contributed by atoms with Gasteiger partial charge in [-0.05, 0) is 25.5 Å². The van der Waals surface area contributed by atoms with Crippen LogP contribution in [0.25, 0.3) is 0 Å². The molecule has 112 valence electrons. The molecule has 0 spiro atoms. The van der Waals surface area contributed by atoms with Crippen LogP contribution in [0.4, 0.5) is 0 Å². The lowest BCUT2D eigenvalue weighted by Gasteiger charge is -2.14. The second-order valence-electron chi connectivity index (χ2n) is 4.81. The topological polar surface area (TPSA) is 99.3 Å². The molecule has 3 N–H and O–H groups in total. The van der Waals surface area contributed by atoms with Crippen molar-refractivity contribution in [3.05, 3.63) is 53.3 Å². The number of nitrogens with one attached hydrogen (secondary N) is 2. The number of sulfonamides is 1. The second kappa shape index (κ2) is 5.71. The SMILES string of the molecule is Cc1cccc([C@H](C)NS(=O)(=O)c2c[nH]c(C(=O)O)c2)c1. The highest BCUT2D eigenvalue weighted by atomic mass is 32.2. The van der Waals surface area contributed by atoms with Gasteiger partial charge in [-0.3, -0.25) is 0 Å². The van der Waals surface area contributed by atoms with E-state index in [9.17, 15) is 13.2 Å². The number of hydrogen-bond acceptors (Lipinski definition) is 3. The first-order valence-electron chi connectivity index (χ1n) is 6.30. The van der Waals surface area contributed by atoms with Crippen molar-refractivity contribution in [2.45, 2.75) is 24.8 Å². The van der Waals surface area contributed by atoms with Gasteiger partial charge in [0.2, 0.25) is 10.0 Å². The molecular weight excluding hydrogens is 292 g/mol.